The molecule has 4 heterocycles. The summed E-state index contributed by atoms with van der Waals surface area (Å²) in [6.07, 6.45) is 5.22. The maximum atomic E-state index is 13.2. The van der Waals surface area contributed by atoms with Crippen molar-refractivity contribution in [1.82, 2.24) is 24.4 Å². The van der Waals surface area contributed by atoms with Gasteiger partial charge in [-0.2, -0.15) is 9.61 Å². The maximum absolute atomic E-state index is 13.2. The lowest BCUT2D eigenvalue weighted by atomic mass is 9.92. The lowest BCUT2D eigenvalue weighted by Gasteiger charge is -2.37. The SMILES string of the molecule is CC(=O)N1CCC(C(=O)N2CCCC(CNc3cc(-c4ccccc4O)nc4c(Br)cnn34)C2)CC1. The van der Waals surface area contributed by atoms with Gasteiger partial charge in [-0.1, -0.05) is 12.1 Å². The molecule has 2 fully saturated rings. The van der Waals surface area contributed by atoms with E-state index < -0.39 is 0 Å². The van der Waals surface area contributed by atoms with E-state index in [0.717, 1.165) is 49.1 Å². The summed E-state index contributed by atoms with van der Waals surface area (Å²) in [6.45, 7) is 5.15. The van der Waals surface area contributed by atoms with Crippen molar-refractivity contribution in [3.63, 3.8) is 0 Å². The summed E-state index contributed by atoms with van der Waals surface area (Å²) in [5, 5.41) is 18.3. The van der Waals surface area contributed by atoms with Gasteiger partial charge in [0.1, 0.15) is 11.6 Å². The third-order valence-electron chi connectivity index (χ3n) is 7.30. The molecule has 2 aliphatic heterocycles. The highest BCUT2D eigenvalue weighted by molar-refractivity contribution is 9.10. The summed E-state index contributed by atoms with van der Waals surface area (Å²) in [6, 6.07) is 9.05. The summed E-state index contributed by atoms with van der Waals surface area (Å²) in [5.41, 5.74) is 1.97. The Labute approximate surface area is 218 Å². The van der Waals surface area contributed by atoms with Crippen LogP contribution in [0.2, 0.25) is 0 Å². The molecule has 9 nitrogen and oxygen atoms in total. The van der Waals surface area contributed by atoms with Gasteiger partial charge in [0, 0.05) is 57.2 Å². The van der Waals surface area contributed by atoms with Gasteiger partial charge in [-0.3, -0.25) is 9.59 Å². The van der Waals surface area contributed by atoms with E-state index in [-0.39, 0.29) is 23.5 Å². The second-order valence-corrected chi connectivity index (χ2v) is 10.6. The standard InChI is InChI=1S/C26H31BrN6O3/c1-17(34)31-11-8-19(9-12-31)26(36)32-10-4-5-18(16-32)14-28-24-13-22(20-6-2-3-7-23(20)35)30-25-21(27)15-29-33(24)25/h2-3,6-7,13,15,18-19,28,35H,4-5,8-12,14,16H2,1H3. The van der Waals surface area contributed by atoms with Gasteiger partial charge < -0.3 is 20.2 Å². The second kappa shape index (κ2) is 10.5. The van der Waals surface area contributed by atoms with Crippen molar-refractivity contribution in [2.24, 2.45) is 11.8 Å². The molecule has 0 radical (unpaired) electrons. The number of fused-ring (bicyclic) bond motifs is 1. The first-order chi connectivity index (χ1) is 17.4. The molecule has 10 heteroatoms. The number of benzene rings is 1. The second-order valence-electron chi connectivity index (χ2n) is 9.73. The molecule has 0 spiro atoms. The molecule has 0 bridgehead atoms. The fourth-order valence-corrected chi connectivity index (χ4v) is 5.62. The van der Waals surface area contributed by atoms with Crippen LogP contribution in [0.3, 0.4) is 0 Å². The van der Waals surface area contributed by atoms with Gasteiger partial charge in [0.2, 0.25) is 11.8 Å². The monoisotopic (exact) mass is 554 g/mol. The fraction of sp³-hybridized carbons (Fsp3) is 0.462. The first-order valence-corrected chi connectivity index (χ1v) is 13.3. The first-order valence-electron chi connectivity index (χ1n) is 12.5. The van der Waals surface area contributed by atoms with E-state index >= 15 is 0 Å². The number of hydrogen-bond donors (Lipinski definition) is 2. The van der Waals surface area contributed by atoms with Crippen molar-refractivity contribution in [2.75, 3.05) is 38.0 Å². The van der Waals surface area contributed by atoms with Crippen molar-refractivity contribution < 1.29 is 14.7 Å². The molecule has 36 heavy (non-hydrogen) atoms. The zero-order chi connectivity index (χ0) is 25.2. The molecular weight excluding hydrogens is 524 g/mol. The Kier molecular flexibility index (Phi) is 7.13. The largest absolute Gasteiger partial charge is 0.507 e. The number of aromatic hydroxyl groups is 1. The third-order valence-corrected chi connectivity index (χ3v) is 7.86. The van der Waals surface area contributed by atoms with E-state index in [0.29, 0.717) is 42.5 Å². The molecule has 5 rings (SSSR count). The zero-order valence-electron chi connectivity index (χ0n) is 20.4. The third kappa shape index (κ3) is 5.04. The molecule has 0 aliphatic carbocycles. The van der Waals surface area contributed by atoms with Gasteiger partial charge in [-0.05, 0) is 59.7 Å². The van der Waals surface area contributed by atoms with Crippen LogP contribution in [0.1, 0.15) is 32.6 Å². The topological polar surface area (TPSA) is 103 Å². The van der Waals surface area contributed by atoms with E-state index in [1.54, 1.807) is 29.8 Å². The van der Waals surface area contributed by atoms with E-state index in [2.05, 4.69) is 26.3 Å². The number of likely N-dealkylation sites (tertiary alicyclic amines) is 2. The van der Waals surface area contributed by atoms with Gasteiger partial charge >= 0.3 is 0 Å². The Morgan fingerprint density at radius 2 is 1.92 bits per heavy atom. The number of nitrogens with zero attached hydrogens (tertiary/aromatic N) is 5. The highest BCUT2D eigenvalue weighted by atomic mass is 79.9. The van der Waals surface area contributed by atoms with Crippen LogP contribution in [-0.2, 0) is 9.59 Å². The lowest BCUT2D eigenvalue weighted by Crippen LogP contribution is -2.47. The highest BCUT2D eigenvalue weighted by Crippen LogP contribution is 2.31. The number of aromatic nitrogens is 3. The Hall–Kier alpha value is -3.14. The van der Waals surface area contributed by atoms with Crippen LogP contribution in [0, 0.1) is 11.8 Å². The van der Waals surface area contributed by atoms with Crippen LogP contribution >= 0.6 is 15.9 Å². The van der Waals surface area contributed by atoms with E-state index in [4.69, 9.17) is 4.98 Å². The predicted octanol–water partition coefficient (Wildman–Crippen LogP) is 3.77. The number of piperidine rings is 2. The average molecular weight is 555 g/mol. The molecular formula is C26H31BrN6O3. The fourth-order valence-electron chi connectivity index (χ4n) is 5.27. The minimum atomic E-state index is 0.00895. The van der Waals surface area contributed by atoms with Crippen LogP contribution in [-0.4, -0.2) is 74.0 Å². The van der Waals surface area contributed by atoms with Crippen LogP contribution in [0.5, 0.6) is 5.75 Å². The number of rotatable bonds is 5. The highest BCUT2D eigenvalue weighted by Gasteiger charge is 2.32. The lowest BCUT2D eigenvalue weighted by molar-refractivity contribution is -0.141. The Bertz CT molecular complexity index is 1270. The smallest absolute Gasteiger partial charge is 0.225 e. The van der Waals surface area contributed by atoms with Gasteiger partial charge in [0.25, 0.3) is 0 Å². The number of nitrogens with one attached hydrogen (secondary N) is 1. The summed E-state index contributed by atoms with van der Waals surface area (Å²) < 4.78 is 2.52. The van der Waals surface area contributed by atoms with Gasteiger partial charge in [-0.15, -0.1) is 0 Å². The van der Waals surface area contributed by atoms with Gasteiger partial charge in [0.15, 0.2) is 5.65 Å². The number of amides is 2. The van der Waals surface area contributed by atoms with Crippen LogP contribution in [0.15, 0.2) is 41.0 Å². The van der Waals surface area contributed by atoms with Crippen LogP contribution in [0.25, 0.3) is 16.9 Å². The molecule has 2 N–H and O–H groups in total. The van der Waals surface area contributed by atoms with E-state index in [1.165, 1.54) is 0 Å². The van der Waals surface area contributed by atoms with Crippen molar-refractivity contribution >= 4 is 39.2 Å². The number of hydrogen-bond acceptors (Lipinski definition) is 6. The molecule has 1 aromatic carbocycles. The van der Waals surface area contributed by atoms with Crippen LogP contribution < -0.4 is 5.32 Å². The maximum Gasteiger partial charge on any atom is 0.225 e. The first kappa shape index (κ1) is 24.5. The number of phenolic OH excluding ortho intramolecular Hbond substituents is 1. The molecule has 2 aliphatic rings. The Balaban J connectivity index is 1.27. The minimum Gasteiger partial charge on any atom is -0.507 e. The number of phenols is 1. The number of carbonyl (C=O) groups is 2. The molecule has 3 aromatic rings. The van der Waals surface area contributed by atoms with Crippen molar-refractivity contribution in [3.05, 3.63) is 41.0 Å². The molecule has 190 valence electrons. The molecule has 1 unspecified atom stereocenters. The number of anilines is 1. The van der Waals surface area contributed by atoms with Crippen molar-refractivity contribution in [2.45, 2.75) is 32.6 Å². The molecule has 2 aromatic heterocycles. The average Bonchev–Trinajstić information content (AvgIpc) is 3.28. The summed E-state index contributed by atoms with van der Waals surface area (Å²) >= 11 is 3.53. The van der Waals surface area contributed by atoms with Crippen molar-refractivity contribution in [3.8, 4) is 17.0 Å². The summed E-state index contributed by atoms with van der Waals surface area (Å²) in [5.74, 6) is 1.60. The molecule has 1 atom stereocenters. The van der Waals surface area contributed by atoms with Crippen molar-refractivity contribution in [1.29, 1.82) is 0 Å². The normalized spacial score (nSPS) is 19.0. The number of halogens is 1. The van der Waals surface area contributed by atoms with Gasteiger partial charge in [-0.25, -0.2) is 4.98 Å². The van der Waals surface area contributed by atoms with E-state index in [1.807, 2.05) is 28.0 Å². The van der Waals surface area contributed by atoms with Gasteiger partial charge in [0.05, 0.1) is 16.4 Å². The minimum absolute atomic E-state index is 0.00895. The number of para-hydroxylation sites is 1. The summed E-state index contributed by atoms with van der Waals surface area (Å²) in [4.78, 5) is 33.4. The summed E-state index contributed by atoms with van der Waals surface area (Å²) in [7, 11) is 0. The quantitative estimate of drug-likeness (QED) is 0.497. The Morgan fingerprint density at radius 3 is 2.67 bits per heavy atom. The predicted molar refractivity (Wildman–Crippen MR) is 141 cm³/mol. The molecule has 2 saturated heterocycles. The Morgan fingerprint density at radius 1 is 1.14 bits per heavy atom. The van der Waals surface area contributed by atoms with Crippen LogP contribution in [0.4, 0.5) is 5.82 Å². The molecule has 2 amide bonds. The van der Waals surface area contributed by atoms with E-state index in [9.17, 15) is 14.7 Å². The number of carbonyl (C=O) groups excluding carboxylic acids is 2. The zero-order valence-corrected chi connectivity index (χ0v) is 21.9. The molecule has 0 saturated carbocycles.